The fraction of sp³-hybridized carbons (Fsp3) is 0.357. The summed E-state index contributed by atoms with van der Waals surface area (Å²) in [6.07, 6.45) is -1.53. The standard InChI is InChI=1S/C28H28F5N7O3/c1-15-12-39(7-6-38(15)2)20-9-19(29)24(16-4-5-40(13-16)21-10-23(43-3)36-14-35-21)25(30)26(20)37-27(42)17-11-34-22(41)8-18(17)28(31,32)33/h4,8-11,14-15H,5-7,12-13H2,1-3H3,(H,34,41)(H,37,42)/t15-/m0/s1. The van der Waals surface area contributed by atoms with Crippen molar-refractivity contribution in [1.82, 2.24) is 19.9 Å². The van der Waals surface area contributed by atoms with Gasteiger partial charge in [0, 0.05) is 63.2 Å². The first-order valence-corrected chi connectivity index (χ1v) is 13.3. The van der Waals surface area contributed by atoms with E-state index < -0.39 is 51.7 Å². The Bertz CT molecular complexity index is 1640. The number of aromatic amines is 1. The van der Waals surface area contributed by atoms with E-state index in [2.05, 4.69) is 20.3 Å². The molecule has 0 unspecified atom stereocenters. The minimum absolute atomic E-state index is 0.0129. The average molecular weight is 606 g/mol. The lowest BCUT2D eigenvalue weighted by atomic mass is 10.0. The number of anilines is 3. The van der Waals surface area contributed by atoms with Crippen LogP contribution in [0, 0.1) is 11.6 Å². The van der Waals surface area contributed by atoms with Crippen LogP contribution >= 0.6 is 0 Å². The lowest BCUT2D eigenvalue weighted by Gasteiger charge is -2.40. The number of methoxy groups -OCH3 is 1. The normalized spacial score (nSPS) is 17.7. The van der Waals surface area contributed by atoms with Gasteiger partial charge >= 0.3 is 6.18 Å². The monoisotopic (exact) mass is 605 g/mol. The Morgan fingerprint density at radius 2 is 1.91 bits per heavy atom. The molecule has 0 saturated carbocycles. The van der Waals surface area contributed by atoms with Gasteiger partial charge in [0.15, 0.2) is 5.82 Å². The van der Waals surface area contributed by atoms with Gasteiger partial charge in [0.25, 0.3) is 5.91 Å². The van der Waals surface area contributed by atoms with Gasteiger partial charge in [-0.1, -0.05) is 6.08 Å². The second-order valence-corrected chi connectivity index (χ2v) is 10.3. The smallest absolute Gasteiger partial charge is 0.417 e. The zero-order valence-electron chi connectivity index (χ0n) is 23.4. The number of ether oxygens (including phenoxy) is 1. The number of carbonyl (C=O) groups excluding carboxylic acids is 1. The van der Waals surface area contributed by atoms with E-state index in [9.17, 15) is 22.8 Å². The summed E-state index contributed by atoms with van der Waals surface area (Å²) in [5.74, 6) is -2.61. The topological polar surface area (TPSA) is 107 Å². The van der Waals surface area contributed by atoms with Gasteiger partial charge in [0.2, 0.25) is 11.4 Å². The molecular weight excluding hydrogens is 577 g/mol. The van der Waals surface area contributed by atoms with Crippen LogP contribution in [0.5, 0.6) is 5.88 Å². The molecule has 43 heavy (non-hydrogen) atoms. The van der Waals surface area contributed by atoms with Crippen LogP contribution in [0.3, 0.4) is 0 Å². The molecule has 1 amide bonds. The van der Waals surface area contributed by atoms with E-state index in [1.807, 2.05) is 18.9 Å². The summed E-state index contributed by atoms with van der Waals surface area (Å²) in [4.78, 5) is 40.5. The minimum Gasteiger partial charge on any atom is -0.481 e. The van der Waals surface area contributed by atoms with Gasteiger partial charge in [-0.3, -0.25) is 9.59 Å². The summed E-state index contributed by atoms with van der Waals surface area (Å²) in [6, 6.07) is 2.88. The van der Waals surface area contributed by atoms with E-state index >= 15 is 8.78 Å². The lowest BCUT2D eigenvalue weighted by molar-refractivity contribution is -0.138. The molecule has 2 aromatic heterocycles. The molecule has 2 N–H and O–H groups in total. The highest BCUT2D eigenvalue weighted by atomic mass is 19.4. The number of likely N-dealkylation sites (N-methyl/N-ethyl adjacent to an activating group) is 1. The van der Waals surface area contributed by atoms with Gasteiger partial charge in [0.05, 0.1) is 29.5 Å². The summed E-state index contributed by atoms with van der Waals surface area (Å²) >= 11 is 0. The van der Waals surface area contributed by atoms with Crippen molar-refractivity contribution < 1.29 is 31.5 Å². The van der Waals surface area contributed by atoms with Crippen molar-refractivity contribution in [3.8, 4) is 5.88 Å². The fourth-order valence-electron chi connectivity index (χ4n) is 5.14. The van der Waals surface area contributed by atoms with Crippen LogP contribution in [0.4, 0.5) is 39.1 Å². The number of nitrogens with one attached hydrogen (secondary N) is 2. The first-order valence-electron chi connectivity index (χ1n) is 13.3. The molecule has 2 aliphatic rings. The molecule has 5 rings (SSSR count). The van der Waals surface area contributed by atoms with E-state index in [-0.39, 0.29) is 36.5 Å². The van der Waals surface area contributed by atoms with Gasteiger partial charge < -0.3 is 29.7 Å². The molecular formula is C28H28F5N7O3. The Kier molecular flexibility index (Phi) is 8.10. The molecule has 4 heterocycles. The Labute approximate surface area is 242 Å². The Morgan fingerprint density at radius 3 is 2.60 bits per heavy atom. The van der Waals surface area contributed by atoms with Crippen molar-refractivity contribution in [2.75, 3.05) is 62.0 Å². The molecule has 2 aliphatic heterocycles. The quantitative estimate of drug-likeness (QED) is 0.410. The van der Waals surface area contributed by atoms with Gasteiger partial charge in [-0.15, -0.1) is 0 Å². The Morgan fingerprint density at radius 1 is 1.14 bits per heavy atom. The van der Waals surface area contributed by atoms with Crippen molar-refractivity contribution >= 4 is 28.7 Å². The van der Waals surface area contributed by atoms with Crippen LogP contribution in [-0.2, 0) is 6.18 Å². The summed E-state index contributed by atoms with van der Waals surface area (Å²) < 4.78 is 78.4. The number of nitrogens with zero attached hydrogens (tertiary/aromatic N) is 5. The van der Waals surface area contributed by atoms with Crippen molar-refractivity contribution in [1.29, 1.82) is 0 Å². The average Bonchev–Trinajstić information content (AvgIpc) is 3.45. The predicted octanol–water partition coefficient (Wildman–Crippen LogP) is 3.77. The molecule has 0 aliphatic carbocycles. The minimum atomic E-state index is -5.04. The fourth-order valence-corrected chi connectivity index (χ4v) is 5.14. The van der Waals surface area contributed by atoms with Gasteiger partial charge in [-0.25, -0.2) is 18.7 Å². The second-order valence-electron chi connectivity index (χ2n) is 10.3. The van der Waals surface area contributed by atoms with E-state index in [1.54, 1.807) is 21.9 Å². The number of pyridine rings is 1. The molecule has 228 valence electrons. The lowest BCUT2D eigenvalue weighted by Crippen LogP contribution is -2.50. The number of halogens is 5. The van der Waals surface area contributed by atoms with E-state index in [1.165, 1.54) is 13.4 Å². The number of hydrogen-bond acceptors (Lipinski definition) is 8. The van der Waals surface area contributed by atoms with Crippen molar-refractivity contribution in [3.05, 3.63) is 75.5 Å². The number of piperazine rings is 1. The van der Waals surface area contributed by atoms with Crippen LogP contribution in [-0.4, -0.2) is 78.7 Å². The SMILES string of the molecule is COc1cc(N2CC=C(c3c(F)cc(N4CCN(C)[C@@H](C)C4)c(NC(=O)c4c[nH]c(=O)cc4C(F)(F)F)c3F)C2)ncn1. The third-order valence-corrected chi connectivity index (χ3v) is 7.61. The van der Waals surface area contributed by atoms with Gasteiger partial charge in [0.1, 0.15) is 23.6 Å². The van der Waals surface area contributed by atoms with Crippen LogP contribution < -0.4 is 25.4 Å². The summed E-state index contributed by atoms with van der Waals surface area (Å²) in [5.41, 5.74) is -4.13. The number of H-pyrrole nitrogens is 1. The maximum atomic E-state index is 16.4. The number of hydrogen-bond donors (Lipinski definition) is 2. The first-order chi connectivity index (χ1) is 20.4. The van der Waals surface area contributed by atoms with Crippen molar-refractivity contribution in [2.45, 2.75) is 19.1 Å². The van der Waals surface area contributed by atoms with Gasteiger partial charge in [-0.2, -0.15) is 13.2 Å². The molecule has 0 spiro atoms. The largest absolute Gasteiger partial charge is 0.481 e. The van der Waals surface area contributed by atoms with Gasteiger partial charge in [-0.05, 0) is 19.5 Å². The highest BCUT2D eigenvalue weighted by Gasteiger charge is 2.37. The van der Waals surface area contributed by atoms with Crippen molar-refractivity contribution in [3.63, 3.8) is 0 Å². The summed E-state index contributed by atoms with van der Waals surface area (Å²) in [7, 11) is 3.34. The number of amides is 1. The van der Waals surface area contributed by atoms with Crippen LogP contribution in [0.1, 0.15) is 28.4 Å². The highest BCUT2D eigenvalue weighted by molar-refractivity contribution is 6.07. The van der Waals surface area contributed by atoms with Crippen molar-refractivity contribution in [2.24, 2.45) is 0 Å². The zero-order chi connectivity index (χ0) is 31.1. The maximum absolute atomic E-state index is 16.4. The summed E-state index contributed by atoms with van der Waals surface area (Å²) in [6.45, 7) is 3.45. The number of benzene rings is 1. The first kappa shape index (κ1) is 29.9. The highest BCUT2D eigenvalue weighted by Crippen LogP contribution is 2.39. The maximum Gasteiger partial charge on any atom is 0.417 e. The number of alkyl halides is 3. The molecule has 1 atom stereocenters. The molecule has 15 heteroatoms. The third kappa shape index (κ3) is 6.02. The Balaban J connectivity index is 1.55. The summed E-state index contributed by atoms with van der Waals surface area (Å²) in [5, 5.41) is 2.26. The molecule has 1 aromatic carbocycles. The van der Waals surface area contributed by atoms with Crippen LogP contribution in [0.15, 0.2) is 41.6 Å². The molecule has 1 saturated heterocycles. The number of carbonyl (C=O) groups is 1. The van der Waals surface area contributed by atoms with E-state index in [0.717, 1.165) is 6.07 Å². The molecule has 10 nitrogen and oxygen atoms in total. The molecule has 3 aromatic rings. The van der Waals surface area contributed by atoms with Crippen LogP contribution in [0.2, 0.25) is 0 Å². The van der Waals surface area contributed by atoms with E-state index in [0.29, 0.717) is 37.5 Å². The second kappa shape index (κ2) is 11.6. The third-order valence-electron chi connectivity index (χ3n) is 7.61. The molecule has 1 fully saturated rings. The molecule has 0 radical (unpaired) electrons. The Hall–Kier alpha value is -4.53. The molecule has 0 bridgehead atoms. The number of aromatic nitrogens is 3. The van der Waals surface area contributed by atoms with Crippen LogP contribution in [0.25, 0.3) is 5.57 Å². The van der Waals surface area contributed by atoms with E-state index in [4.69, 9.17) is 4.74 Å². The number of rotatable bonds is 6. The zero-order valence-corrected chi connectivity index (χ0v) is 23.4. The predicted molar refractivity (Wildman–Crippen MR) is 149 cm³/mol.